The highest BCUT2D eigenvalue weighted by Gasteiger charge is 2.35. The minimum atomic E-state index is -0.153. The first-order chi connectivity index (χ1) is 12.1. The fourth-order valence-electron chi connectivity index (χ4n) is 3.62. The maximum atomic E-state index is 12.5. The highest BCUT2D eigenvalue weighted by Crippen LogP contribution is 2.29. The van der Waals surface area contributed by atoms with Gasteiger partial charge in [0.05, 0.1) is 5.56 Å². The van der Waals surface area contributed by atoms with Crippen molar-refractivity contribution in [3.63, 3.8) is 0 Å². The Hall–Kier alpha value is -2.46. The molecule has 1 aromatic heterocycles. The molecular formula is C18H23N5O2. The van der Waals surface area contributed by atoms with Crippen LogP contribution in [0.5, 0.6) is 0 Å². The van der Waals surface area contributed by atoms with E-state index in [1.165, 1.54) is 0 Å². The Bertz CT molecular complexity index is 674. The fraction of sp³-hybridized carbons (Fsp3) is 0.556. The first-order valence-corrected chi connectivity index (χ1v) is 8.75. The molecule has 3 rings (SSSR count). The van der Waals surface area contributed by atoms with Crippen molar-refractivity contribution < 1.29 is 9.59 Å². The summed E-state index contributed by atoms with van der Waals surface area (Å²) < 4.78 is 0. The summed E-state index contributed by atoms with van der Waals surface area (Å²) in [7, 11) is 0. The summed E-state index contributed by atoms with van der Waals surface area (Å²) in [5.41, 5.74) is 6.14. The Labute approximate surface area is 147 Å². The molecule has 1 saturated heterocycles. The number of ketones is 1. The Morgan fingerprint density at radius 2 is 1.96 bits per heavy atom. The Morgan fingerprint density at radius 3 is 2.52 bits per heavy atom. The highest BCUT2D eigenvalue weighted by atomic mass is 16.2. The fourth-order valence-corrected chi connectivity index (χ4v) is 3.62. The monoisotopic (exact) mass is 341 g/mol. The molecule has 1 amide bonds. The largest absolute Gasteiger partial charge is 0.353 e. The number of pyridine rings is 1. The second kappa shape index (κ2) is 7.62. The predicted octanol–water partition coefficient (Wildman–Crippen LogP) is 0.546. The molecule has 2 heterocycles. The van der Waals surface area contributed by atoms with Gasteiger partial charge in [0.25, 0.3) is 0 Å². The van der Waals surface area contributed by atoms with Crippen LogP contribution < -0.4 is 10.6 Å². The number of nitrogens with zero attached hydrogens (tertiary/aromatic N) is 4. The van der Waals surface area contributed by atoms with Crippen LogP contribution in [0.3, 0.4) is 0 Å². The third-order valence-corrected chi connectivity index (χ3v) is 5.21. The van der Waals surface area contributed by atoms with Crippen molar-refractivity contribution in [1.82, 2.24) is 9.88 Å². The second-order valence-corrected chi connectivity index (χ2v) is 6.70. The molecule has 2 atom stereocenters. The van der Waals surface area contributed by atoms with Gasteiger partial charge in [-0.1, -0.05) is 0 Å². The van der Waals surface area contributed by atoms with Crippen LogP contribution in [-0.2, 0) is 9.59 Å². The van der Waals surface area contributed by atoms with Crippen molar-refractivity contribution >= 4 is 17.5 Å². The van der Waals surface area contributed by atoms with Crippen molar-refractivity contribution in [3.8, 4) is 6.07 Å². The lowest BCUT2D eigenvalue weighted by molar-refractivity contribution is -0.135. The Kier molecular flexibility index (Phi) is 5.29. The van der Waals surface area contributed by atoms with Gasteiger partial charge in [-0.3, -0.25) is 9.59 Å². The van der Waals surface area contributed by atoms with E-state index in [0.29, 0.717) is 44.7 Å². The van der Waals surface area contributed by atoms with Crippen molar-refractivity contribution in [2.45, 2.75) is 19.3 Å². The van der Waals surface area contributed by atoms with Crippen LogP contribution in [-0.4, -0.2) is 54.3 Å². The summed E-state index contributed by atoms with van der Waals surface area (Å²) >= 11 is 0. The molecule has 0 radical (unpaired) electrons. The van der Waals surface area contributed by atoms with Crippen LogP contribution in [0.2, 0.25) is 0 Å². The molecule has 2 unspecified atom stereocenters. The van der Waals surface area contributed by atoms with Gasteiger partial charge >= 0.3 is 0 Å². The lowest BCUT2D eigenvalue weighted by atomic mass is 9.99. The summed E-state index contributed by atoms with van der Waals surface area (Å²) in [6.45, 7) is 3.05. The number of hydrogen-bond acceptors (Lipinski definition) is 6. The average molecular weight is 341 g/mol. The van der Waals surface area contributed by atoms with E-state index < -0.39 is 0 Å². The molecular weight excluding hydrogens is 318 g/mol. The van der Waals surface area contributed by atoms with Gasteiger partial charge in [0.15, 0.2) is 0 Å². The van der Waals surface area contributed by atoms with Crippen molar-refractivity contribution in [2.24, 2.45) is 17.6 Å². The summed E-state index contributed by atoms with van der Waals surface area (Å²) in [4.78, 5) is 32.9. The third-order valence-electron chi connectivity index (χ3n) is 5.21. The number of rotatable bonds is 4. The molecule has 132 valence electrons. The maximum Gasteiger partial charge on any atom is 0.223 e. The van der Waals surface area contributed by atoms with Crippen LogP contribution in [0.1, 0.15) is 24.8 Å². The molecule has 0 aromatic carbocycles. The number of carbonyl (C=O) groups excluding carboxylic acids is 2. The second-order valence-electron chi connectivity index (χ2n) is 6.70. The van der Waals surface area contributed by atoms with Crippen molar-refractivity contribution in [1.29, 1.82) is 5.26 Å². The van der Waals surface area contributed by atoms with E-state index in [2.05, 4.69) is 16.0 Å². The van der Waals surface area contributed by atoms with E-state index >= 15 is 0 Å². The molecule has 1 aliphatic carbocycles. The maximum absolute atomic E-state index is 12.5. The van der Waals surface area contributed by atoms with Gasteiger partial charge in [-0.2, -0.15) is 5.26 Å². The Morgan fingerprint density at radius 1 is 1.24 bits per heavy atom. The topological polar surface area (TPSA) is 103 Å². The molecule has 2 aliphatic rings. The summed E-state index contributed by atoms with van der Waals surface area (Å²) in [5.74, 6) is 0.832. The van der Waals surface area contributed by atoms with E-state index in [9.17, 15) is 9.59 Å². The quantitative estimate of drug-likeness (QED) is 0.857. The summed E-state index contributed by atoms with van der Waals surface area (Å²) in [6, 6.07) is 5.64. The molecule has 1 aliphatic heterocycles. The van der Waals surface area contributed by atoms with Gasteiger partial charge in [0.2, 0.25) is 5.91 Å². The highest BCUT2D eigenvalue weighted by molar-refractivity contribution is 5.90. The zero-order chi connectivity index (χ0) is 17.8. The molecule has 0 spiro atoms. The summed E-state index contributed by atoms with van der Waals surface area (Å²) in [5, 5.41) is 8.82. The third kappa shape index (κ3) is 3.80. The SMILES string of the molecule is N#Cc1ccc(N2CCN(C(=O)CC3CCC(CN)C3=O)CC2)nc1. The molecule has 1 saturated carbocycles. The number of nitrogens with two attached hydrogens (primary N) is 1. The predicted molar refractivity (Wildman–Crippen MR) is 92.6 cm³/mol. The van der Waals surface area contributed by atoms with Gasteiger partial charge in [0, 0.05) is 57.2 Å². The minimum Gasteiger partial charge on any atom is -0.353 e. The Balaban J connectivity index is 1.51. The van der Waals surface area contributed by atoms with Gasteiger partial charge in [0.1, 0.15) is 17.7 Å². The van der Waals surface area contributed by atoms with Crippen molar-refractivity contribution in [3.05, 3.63) is 23.9 Å². The smallest absolute Gasteiger partial charge is 0.223 e. The number of nitriles is 1. The first-order valence-electron chi connectivity index (χ1n) is 8.75. The first kappa shape index (κ1) is 17.4. The average Bonchev–Trinajstić information content (AvgIpc) is 3.01. The molecule has 7 heteroatoms. The van der Waals surface area contributed by atoms with Crippen LogP contribution in [0.25, 0.3) is 0 Å². The van der Waals surface area contributed by atoms with Crippen LogP contribution in [0.15, 0.2) is 18.3 Å². The van der Waals surface area contributed by atoms with Crippen molar-refractivity contribution in [2.75, 3.05) is 37.6 Å². The standard InChI is InChI=1S/C18H23N5O2/c19-10-13-1-4-16(21-12-13)22-5-7-23(8-6-22)17(24)9-14-2-3-15(11-20)18(14)25/h1,4,12,14-15H,2-3,5-9,11,20H2. The van der Waals surface area contributed by atoms with E-state index in [-0.39, 0.29) is 23.5 Å². The van der Waals surface area contributed by atoms with E-state index in [1.807, 2.05) is 11.0 Å². The number of Topliss-reactive ketones (excluding diaryl/α,β-unsaturated/α-hetero) is 1. The molecule has 2 fully saturated rings. The summed E-state index contributed by atoms with van der Waals surface area (Å²) in [6.07, 6.45) is 3.46. The minimum absolute atomic E-state index is 0.0582. The van der Waals surface area contributed by atoms with E-state index in [4.69, 9.17) is 11.0 Å². The van der Waals surface area contributed by atoms with Gasteiger partial charge in [-0.05, 0) is 25.0 Å². The lowest BCUT2D eigenvalue weighted by Gasteiger charge is -2.35. The number of anilines is 1. The zero-order valence-corrected chi connectivity index (χ0v) is 14.2. The number of amides is 1. The van der Waals surface area contributed by atoms with E-state index in [0.717, 1.165) is 18.7 Å². The molecule has 25 heavy (non-hydrogen) atoms. The van der Waals surface area contributed by atoms with Crippen LogP contribution in [0.4, 0.5) is 5.82 Å². The lowest BCUT2D eigenvalue weighted by Crippen LogP contribution is -2.49. The molecule has 0 bridgehead atoms. The number of carbonyl (C=O) groups is 2. The van der Waals surface area contributed by atoms with Crippen LogP contribution in [0, 0.1) is 23.2 Å². The number of hydrogen-bond donors (Lipinski definition) is 1. The van der Waals surface area contributed by atoms with Crippen LogP contribution >= 0.6 is 0 Å². The van der Waals surface area contributed by atoms with Gasteiger partial charge in [-0.15, -0.1) is 0 Å². The van der Waals surface area contributed by atoms with Gasteiger partial charge < -0.3 is 15.5 Å². The number of aromatic nitrogens is 1. The zero-order valence-electron chi connectivity index (χ0n) is 14.2. The number of piperazine rings is 1. The molecule has 7 nitrogen and oxygen atoms in total. The normalized spacial score (nSPS) is 23.6. The molecule has 2 N–H and O–H groups in total. The molecule has 1 aromatic rings. The van der Waals surface area contributed by atoms with E-state index in [1.54, 1.807) is 12.3 Å². The van der Waals surface area contributed by atoms with Gasteiger partial charge in [-0.25, -0.2) is 4.98 Å².